The molecule has 7 nitrogen and oxygen atoms in total. The lowest BCUT2D eigenvalue weighted by atomic mass is 10.0. The van der Waals surface area contributed by atoms with Gasteiger partial charge in [-0.3, -0.25) is 13.9 Å². The van der Waals surface area contributed by atoms with Crippen LogP contribution in [0.25, 0.3) is 0 Å². The SMILES string of the molecule is CCCNC(=O)[C@@H](Cc1ccccc1)N(Cc1ccc(Br)cc1)C(=O)CN(c1ccccc1C)S(=O)(=O)c1ccc(C)cc1. The zero-order valence-corrected chi connectivity index (χ0v) is 27.6. The summed E-state index contributed by atoms with van der Waals surface area (Å²) < 4.78 is 30.4. The summed E-state index contributed by atoms with van der Waals surface area (Å²) in [4.78, 5) is 29.8. The van der Waals surface area contributed by atoms with Crippen LogP contribution in [0.5, 0.6) is 0 Å². The van der Waals surface area contributed by atoms with Gasteiger partial charge in [-0.25, -0.2) is 8.42 Å². The highest BCUT2D eigenvalue weighted by Crippen LogP contribution is 2.28. The molecule has 9 heteroatoms. The van der Waals surface area contributed by atoms with Crippen molar-refractivity contribution in [1.82, 2.24) is 10.2 Å². The minimum absolute atomic E-state index is 0.0835. The van der Waals surface area contributed by atoms with Crippen LogP contribution in [0.4, 0.5) is 5.69 Å². The molecule has 0 saturated carbocycles. The number of sulfonamides is 1. The Morgan fingerprint density at radius 3 is 2.09 bits per heavy atom. The van der Waals surface area contributed by atoms with Crippen LogP contribution in [0.1, 0.15) is 35.6 Å². The lowest BCUT2D eigenvalue weighted by Crippen LogP contribution is -2.53. The summed E-state index contributed by atoms with van der Waals surface area (Å²) in [5, 5.41) is 2.97. The van der Waals surface area contributed by atoms with Gasteiger partial charge in [-0.15, -0.1) is 0 Å². The molecule has 4 rings (SSSR count). The van der Waals surface area contributed by atoms with Crippen molar-refractivity contribution >= 4 is 43.5 Å². The average Bonchev–Trinajstić information content (AvgIpc) is 3.02. The first-order chi connectivity index (χ1) is 21.1. The number of benzene rings is 4. The highest BCUT2D eigenvalue weighted by Gasteiger charge is 2.35. The second-order valence-corrected chi connectivity index (χ2v) is 13.5. The van der Waals surface area contributed by atoms with E-state index in [-0.39, 0.29) is 23.8 Å². The van der Waals surface area contributed by atoms with Gasteiger partial charge in [-0.05, 0) is 67.3 Å². The van der Waals surface area contributed by atoms with Crippen molar-refractivity contribution in [3.63, 3.8) is 0 Å². The molecule has 0 aliphatic carbocycles. The van der Waals surface area contributed by atoms with Crippen molar-refractivity contribution in [2.24, 2.45) is 0 Å². The maximum atomic E-state index is 14.5. The van der Waals surface area contributed by atoms with Crippen molar-refractivity contribution in [3.8, 4) is 0 Å². The number of hydrogen-bond acceptors (Lipinski definition) is 4. The molecule has 0 unspecified atom stereocenters. The van der Waals surface area contributed by atoms with E-state index in [4.69, 9.17) is 0 Å². The first kappa shape index (κ1) is 33.0. The summed E-state index contributed by atoms with van der Waals surface area (Å²) in [6, 6.07) is 29.8. The van der Waals surface area contributed by atoms with Crippen LogP contribution in [-0.4, -0.2) is 44.3 Å². The van der Waals surface area contributed by atoms with E-state index in [9.17, 15) is 18.0 Å². The maximum absolute atomic E-state index is 14.5. The molecule has 0 aliphatic heterocycles. The predicted molar refractivity (Wildman–Crippen MR) is 179 cm³/mol. The lowest BCUT2D eigenvalue weighted by Gasteiger charge is -2.34. The van der Waals surface area contributed by atoms with Crippen molar-refractivity contribution in [2.45, 2.75) is 51.1 Å². The van der Waals surface area contributed by atoms with Gasteiger partial charge in [0.25, 0.3) is 10.0 Å². The first-order valence-electron chi connectivity index (χ1n) is 14.6. The van der Waals surface area contributed by atoms with Gasteiger partial charge in [-0.2, -0.15) is 0 Å². The molecule has 230 valence electrons. The Balaban J connectivity index is 1.80. The van der Waals surface area contributed by atoms with Crippen molar-refractivity contribution in [2.75, 3.05) is 17.4 Å². The van der Waals surface area contributed by atoms with E-state index in [2.05, 4.69) is 21.2 Å². The van der Waals surface area contributed by atoms with Crippen molar-refractivity contribution in [3.05, 3.63) is 130 Å². The Kier molecular flexibility index (Phi) is 11.4. The second-order valence-electron chi connectivity index (χ2n) is 10.8. The van der Waals surface area contributed by atoms with Gasteiger partial charge in [0, 0.05) is 24.0 Å². The molecule has 0 aliphatic rings. The van der Waals surface area contributed by atoms with Gasteiger partial charge < -0.3 is 10.2 Å². The van der Waals surface area contributed by atoms with Crippen LogP contribution in [0.3, 0.4) is 0 Å². The molecule has 4 aromatic rings. The molecule has 1 N–H and O–H groups in total. The van der Waals surface area contributed by atoms with E-state index < -0.39 is 28.5 Å². The number of para-hydroxylation sites is 1. The van der Waals surface area contributed by atoms with E-state index >= 15 is 0 Å². The van der Waals surface area contributed by atoms with Crippen molar-refractivity contribution in [1.29, 1.82) is 0 Å². The standard InChI is InChI=1S/C35H38BrN3O4S/c1-4-22-37-35(41)33(23-28-11-6-5-7-12-28)38(24-29-16-18-30(36)19-17-29)34(40)25-39(32-13-9-8-10-27(32)3)44(42,43)31-20-14-26(2)15-21-31/h5-21,33H,4,22-25H2,1-3H3,(H,37,41)/t33-/m1/s1. The van der Waals surface area contributed by atoms with E-state index in [1.165, 1.54) is 4.90 Å². The molecular formula is C35H38BrN3O4S. The fourth-order valence-electron chi connectivity index (χ4n) is 4.90. The summed E-state index contributed by atoms with van der Waals surface area (Å²) in [6.45, 7) is 5.76. The van der Waals surface area contributed by atoms with E-state index in [1.54, 1.807) is 36.4 Å². The molecule has 0 saturated heterocycles. The molecule has 0 spiro atoms. The molecule has 4 aromatic carbocycles. The summed E-state index contributed by atoms with van der Waals surface area (Å²) in [6.07, 6.45) is 1.01. The van der Waals surface area contributed by atoms with Crippen LogP contribution in [0, 0.1) is 13.8 Å². The summed E-state index contributed by atoms with van der Waals surface area (Å²) >= 11 is 3.46. The quantitative estimate of drug-likeness (QED) is 0.177. The normalized spacial score (nSPS) is 11.9. The molecule has 44 heavy (non-hydrogen) atoms. The van der Waals surface area contributed by atoms with Crippen LogP contribution in [0.15, 0.2) is 112 Å². The van der Waals surface area contributed by atoms with Crippen LogP contribution >= 0.6 is 15.9 Å². The van der Waals surface area contributed by atoms with Gasteiger partial charge in [0.15, 0.2) is 0 Å². The third-order valence-corrected chi connectivity index (χ3v) is 9.66. The highest BCUT2D eigenvalue weighted by molar-refractivity contribution is 9.10. The number of anilines is 1. The van der Waals surface area contributed by atoms with Gasteiger partial charge in [0.05, 0.1) is 10.6 Å². The number of carbonyl (C=O) groups is 2. The molecule has 0 fully saturated rings. The zero-order chi connectivity index (χ0) is 31.7. The topological polar surface area (TPSA) is 86.8 Å². The lowest BCUT2D eigenvalue weighted by molar-refractivity contribution is -0.140. The Morgan fingerprint density at radius 2 is 1.45 bits per heavy atom. The van der Waals surface area contributed by atoms with Crippen LogP contribution in [0.2, 0.25) is 0 Å². The molecule has 0 radical (unpaired) electrons. The van der Waals surface area contributed by atoms with Gasteiger partial charge in [-0.1, -0.05) is 101 Å². The van der Waals surface area contributed by atoms with E-state index in [1.807, 2.05) is 87.5 Å². The second kappa shape index (κ2) is 15.2. The van der Waals surface area contributed by atoms with Crippen molar-refractivity contribution < 1.29 is 18.0 Å². The largest absolute Gasteiger partial charge is 0.354 e. The monoisotopic (exact) mass is 675 g/mol. The van der Waals surface area contributed by atoms with Gasteiger partial charge in [0.2, 0.25) is 11.8 Å². The molecule has 0 heterocycles. The molecule has 0 bridgehead atoms. The van der Waals surface area contributed by atoms with Gasteiger partial charge in [0.1, 0.15) is 12.6 Å². The number of aryl methyl sites for hydroxylation is 2. The fraction of sp³-hybridized carbons (Fsp3) is 0.257. The number of hydrogen-bond donors (Lipinski definition) is 1. The minimum atomic E-state index is -4.14. The molecule has 0 aromatic heterocycles. The molecule has 1 atom stereocenters. The summed E-state index contributed by atoms with van der Waals surface area (Å²) in [7, 11) is -4.14. The van der Waals surface area contributed by atoms with Gasteiger partial charge >= 0.3 is 0 Å². The third kappa shape index (κ3) is 8.36. The Morgan fingerprint density at radius 1 is 0.818 bits per heavy atom. The zero-order valence-electron chi connectivity index (χ0n) is 25.2. The number of amides is 2. The minimum Gasteiger partial charge on any atom is -0.354 e. The maximum Gasteiger partial charge on any atom is 0.264 e. The molecular weight excluding hydrogens is 638 g/mol. The summed E-state index contributed by atoms with van der Waals surface area (Å²) in [5.41, 5.74) is 3.73. The van der Waals surface area contributed by atoms with Crippen LogP contribution in [-0.2, 0) is 32.6 Å². The highest BCUT2D eigenvalue weighted by atomic mass is 79.9. The first-order valence-corrected chi connectivity index (χ1v) is 16.8. The molecule has 2 amide bonds. The average molecular weight is 677 g/mol. The Hall–Kier alpha value is -3.95. The van der Waals surface area contributed by atoms with E-state index in [0.29, 0.717) is 17.8 Å². The predicted octanol–water partition coefficient (Wildman–Crippen LogP) is 6.43. The smallest absolute Gasteiger partial charge is 0.264 e. The number of rotatable bonds is 13. The third-order valence-electron chi connectivity index (χ3n) is 7.36. The summed E-state index contributed by atoms with van der Waals surface area (Å²) in [5.74, 6) is -0.774. The van der Waals surface area contributed by atoms with Crippen LogP contribution < -0.4 is 9.62 Å². The number of nitrogens with one attached hydrogen (secondary N) is 1. The number of nitrogens with zero attached hydrogens (tertiary/aromatic N) is 2. The number of carbonyl (C=O) groups excluding carboxylic acids is 2. The number of halogens is 1. The van der Waals surface area contributed by atoms with E-state index in [0.717, 1.165) is 31.9 Å². The fourth-order valence-corrected chi connectivity index (χ4v) is 6.64. The Labute approximate surface area is 269 Å². The Bertz CT molecular complexity index is 1660.